The fourth-order valence-electron chi connectivity index (χ4n) is 4.76. The maximum absolute atomic E-state index is 13.1. The highest BCUT2D eigenvalue weighted by molar-refractivity contribution is 5.94. The summed E-state index contributed by atoms with van der Waals surface area (Å²) in [6.07, 6.45) is 2.67. The van der Waals surface area contributed by atoms with E-state index in [2.05, 4.69) is 0 Å². The molecule has 0 N–H and O–H groups in total. The molecule has 0 unspecified atom stereocenters. The largest absolute Gasteiger partial charge is 0.497 e. The number of rotatable bonds is 6. The normalized spacial score (nSPS) is 16.9. The van der Waals surface area contributed by atoms with Gasteiger partial charge in [-0.1, -0.05) is 36.4 Å². The van der Waals surface area contributed by atoms with Gasteiger partial charge < -0.3 is 19.4 Å². The maximum atomic E-state index is 13.1. The average Bonchev–Trinajstić information content (AvgIpc) is 2.91. The summed E-state index contributed by atoms with van der Waals surface area (Å²) in [7, 11) is 1.58. The van der Waals surface area contributed by atoms with Crippen LogP contribution < -0.4 is 4.74 Å². The zero-order chi connectivity index (χ0) is 23.9. The molecule has 2 fully saturated rings. The van der Waals surface area contributed by atoms with Gasteiger partial charge in [0.15, 0.2) is 0 Å². The lowest BCUT2D eigenvalue weighted by Crippen LogP contribution is -2.53. The van der Waals surface area contributed by atoms with Crippen molar-refractivity contribution in [2.75, 3.05) is 46.4 Å². The molecular formula is C27H33N3O4. The Hall–Kier alpha value is -3.35. The molecule has 0 radical (unpaired) electrons. The molecule has 0 spiro atoms. The highest BCUT2D eigenvalue weighted by Crippen LogP contribution is 2.22. The minimum Gasteiger partial charge on any atom is -0.497 e. The van der Waals surface area contributed by atoms with Crippen molar-refractivity contribution in [3.63, 3.8) is 0 Å². The third kappa shape index (κ3) is 5.76. The van der Waals surface area contributed by atoms with Crippen LogP contribution in [0.15, 0.2) is 54.6 Å². The molecule has 2 heterocycles. The van der Waals surface area contributed by atoms with Crippen LogP contribution in [0.3, 0.4) is 0 Å². The molecule has 2 aliphatic rings. The molecule has 7 heteroatoms. The molecule has 0 atom stereocenters. The van der Waals surface area contributed by atoms with Gasteiger partial charge in [0.2, 0.25) is 11.8 Å². The number of carbonyl (C=O) groups excluding carboxylic acids is 3. The fourth-order valence-corrected chi connectivity index (χ4v) is 4.76. The second kappa shape index (κ2) is 11.2. The predicted octanol–water partition coefficient (Wildman–Crippen LogP) is 2.85. The molecule has 2 aliphatic heterocycles. The van der Waals surface area contributed by atoms with E-state index in [-0.39, 0.29) is 23.6 Å². The first-order chi connectivity index (χ1) is 16.5. The van der Waals surface area contributed by atoms with E-state index in [1.165, 1.54) is 5.56 Å². The monoisotopic (exact) mass is 463 g/mol. The van der Waals surface area contributed by atoms with E-state index in [1.807, 2.05) is 52.3 Å². The Kier molecular flexibility index (Phi) is 7.83. The minimum absolute atomic E-state index is 0.0340. The third-order valence-corrected chi connectivity index (χ3v) is 6.86. The van der Waals surface area contributed by atoms with Gasteiger partial charge in [-0.2, -0.15) is 0 Å². The zero-order valence-corrected chi connectivity index (χ0v) is 19.8. The highest BCUT2D eigenvalue weighted by Gasteiger charge is 2.32. The number of methoxy groups -OCH3 is 1. The van der Waals surface area contributed by atoms with Gasteiger partial charge >= 0.3 is 0 Å². The van der Waals surface area contributed by atoms with Crippen LogP contribution in [-0.4, -0.2) is 78.8 Å². The second-order valence-corrected chi connectivity index (χ2v) is 8.99. The minimum atomic E-state index is -0.0428. The van der Waals surface area contributed by atoms with Crippen LogP contribution >= 0.6 is 0 Å². The maximum Gasteiger partial charge on any atom is 0.254 e. The van der Waals surface area contributed by atoms with Crippen molar-refractivity contribution < 1.29 is 19.1 Å². The van der Waals surface area contributed by atoms with Crippen molar-refractivity contribution in [2.45, 2.75) is 25.7 Å². The third-order valence-electron chi connectivity index (χ3n) is 6.86. The van der Waals surface area contributed by atoms with Gasteiger partial charge in [0.25, 0.3) is 5.91 Å². The molecule has 2 aromatic carbocycles. The van der Waals surface area contributed by atoms with Crippen molar-refractivity contribution in [2.24, 2.45) is 5.92 Å². The van der Waals surface area contributed by atoms with E-state index in [0.717, 1.165) is 6.42 Å². The lowest BCUT2D eigenvalue weighted by atomic mass is 9.94. The smallest absolute Gasteiger partial charge is 0.254 e. The van der Waals surface area contributed by atoms with Crippen LogP contribution in [0.2, 0.25) is 0 Å². The molecular weight excluding hydrogens is 430 g/mol. The summed E-state index contributed by atoms with van der Waals surface area (Å²) in [6, 6.07) is 17.2. The van der Waals surface area contributed by atoms with E-state index < -0.39 is 0 Å². The summed E-state index contributed by atoms with van der Waals surface area (Å²) in [5, 5.41) is 0. The first-order valence-electron chi connectivity index (χ1n) is 12.1. The van der Waals surface area contributed by atoms with E-state index in [4.69, 9.17) is 4.74 Å². The number of benzene rings is 2. The molecule has 0 aliphatic carbocycles. The van der Waals surface area contributed by atoms with Crippen LogP contribution in [-0.2, 0) is 16.0 Å². The topological polar surface area (TPSA) is 70.2 Å². The van der Waals surface area contributed by atoms with Crippen molar-refractivity contribution in [3.05, 3.63) is 65.7 Å². The standard InChI is InChI=1S/C27H33N3O4/c1-34-24-9-5-8-23(20-24)27(33)30-18-16-29(17-19-30)26(32)22-12-14-28(15-13-22)25(31)11-10-21-6-3-2-4-7-21/h2-9,20,22H,10-19H2,1H3. The summed E-state index contributed by atoms with van der Waals surface area (Å²) in [6.45, 7) is 3.42. The van der Waals surface area contributed by atoms with E-state index in [0.29, 0.717) is 69.8 Å². The molecule has 7 nitrogen and oxygen atoms in total. The fraction of sp³-hybridized carbons (Fsp3) is 0.444. The number of nitrogens with zero attached hydrogens (tertiary/aromatic N) is 3. The molecule has 34 heavy (non-hydrogen) atoms. The van der Waals surface area contributed by atoms with Crippen LogP contribution in [0.25, 0.3) is 0 Å². The first kappa shape index (κ1) is 23.8. The molecule has 3 amide bonds. The first-order valence-corrected chi connectivity index (χ1v) is 12.1. The van der Waals surface area contributed by atoms with Gasteiger partial charge in [-0.15, -0.1) is 0 Å². The Labute approximate surface area is 201 Å². The molecule has 0 aromatic heterocycles. The number of amides is 3. The van der Waals surface area contributed by atoms with Gasteiger partial charge in [-0.3, -0.25) is 14.4 Å². The van der Waals surface area contributed by atoms with Crippen molar-refractivity contribution in [1.29, 1.82) is 0 Å². The van der Waals surface area contributed by atoms with Crippen molar-refractivity contribution in [3.8, 4) is 5.75 Å². The van der Waals surface area contributed by atoms with Crippen LogP contribution in [0.1, 0.15) is 35.2 Å². The molecule has 0 bridgehead atoms. The summed E-state index contributed by atoms with van der Waals surface area (Å²) < 4.78 is 5.22. The number of hydrogen-bond donors (Lipinski definition) is 0. The Bertz CT molecular complexity index is 994. The van der Waals surface area contributed by atoms with Gasteiger partial charge in [0.05, 0.1) is 7.11 Å². The number of aryl methyl sites for hydroxylation is 1. The molecule has 180 valence electrons. The van der Waals surface area contributed by atoms with E-state index >= 15 is 0 Å². The molecule has 0 saturated carbocycles. The number of carbonyl (C=O) groups is 3. The molecule has 2 saturated heterocycles. The van der Waals surface area contributed by atoms with Gasteiger partial charge in [0.1, 0.15) is 5.75 Å². The SMILES string of the molecule is COc1cccc(C(=O)N2CCN(C(=O)C3CCN(C(=O)CCc4ccccc4)CC3)CC2)c1. The lowest BCUT2D eigenvalue weighted by molar-refractivity contribution is -0.141. The summed E-state index contributed by atoms with van der Waals surface area (Å²) in [4.78, 5) is 44.1. The van der Waals surface area contributed by atoms with Gasteiger partial charge in [-0.25, -0.2) is 0 Å². The molecule has 4 rings (SSSR count). The Balaban J connectivity index is 1.21. The lowest BCUT2D eigenvalue weighted by Gasteiger charge is -2.38. The van der Waals surface area contributed by atoms with Crippen LogP contribution in [0.4, 0.5) is 0 Å². The number of piperidine rings is 1. The van der Waals surface area contributed by atoms with Crippen LogP contribution in [0, 0.1) is 5.92 Å². The second-order valence-electron chi connectivity index (χ2n) is 8.99. The summed E-state index contributed by atoms with van der Waals surface area (Å²) in [5.74, 6) is 0.904. The number of ether oxygens (including phenoxy) is 1. The quantitative estimate of drug-likeness (QED) is 0.661. The summed E-state index contributed by atoms with van der Waals surface area (Å²) in [5.41, 5.74) is 1.77. The Morgan fingerprint density at radius 2 is 1.50 bits per heavy atom. The predicted molar refractivity (Wildman–Crippen MR) is 130 cm³/mol. The summed E-state index contributed by atoms with van der Waals surface area (Å²) >= 11 is 0. The van der Waals surface area contributed by atoms with E-state index in [1.54, 1.807) is 24.1 Å². The Morgan fingerprint density at radius 1 is 0.824 bits per heavy atom. The van der Waals surface area contributed by atoms with Gasteiger partial charge in [0, 0.05) is 57.2 Å². The number of piperazine rings is 1. The number of hydrogen-bond acceptors (Lipinski definition) is 4. The van der Waals surface area contributed by atoms with Crippen molar-refractivity contribution in [1.82, 2.24) is 14.7 Å². The Morgan fingerprint density at radius 3 is 2.18 bits per heavy atom. The van der Waals surface area contributed by atoms with Gasteiger partial charge in [-0.05, 0) is 43.0 Å². The van der Waals surface area contributed by atoms with Crippen molar-refractivity contribution >= 4 is 17.7 Å². The molecule has 2 aromatic rings. The highest BCUT2D eigenvalue weighted by atomic mass is 16.5. The average molecular weight is 464 g/mol. The number of likely N-dealkylation sites (tertiary alicyclic amines) is 1. The zero-order valence-electron chi connectivity index (χ0n) is 19.8. The van der Waals surface area contributed by atoms with E-state index in [9.17, 15) is 14.4 Å². The van der Waals surface area contributed by atoms with Crippen LogP contribution in [0.5, 0.6) is 5.75 Å².